The molecule has 0 radical (unpaired) electrons. The monoisotopic (exact) mass is 423 g/mol. The quantitative estimate of drug-likeness (QED) is 0.566. The summed E-state index contributed by atoms with van der Waals surface area (Å²) in [6.45, 7) is 2.60. The van der Waals surface area contributed by atoms with E-state index in [0.29, 0.717) is 22.6 Å². The minimum atomic E-state index is -3.44. The van der Waals surface area contributed by atoms with Crippen molar-refractivity contribution in [2.24, 2.45) is 5.92 Å². The molecular formula is C24H25NO2S2. The zero-order valence-corrected chi connectivity index (χ0v) is 18.1. The number of nitrogens with zero attached hydrogens (tertiary/aromatic N) is 1. The Morgan fingerprint density at radius 3 is 2.48 bits per heavy atom. The lowest BCUT2D eigenvalue weighted by Crippen LogP contribution is -2.41. The molecule has 0 aromatic heterocycles. The van der Waals surface area contributed by atoms with E-state index in [2.05, 4.69) is 42.5 Å². The third kappa shape index (κ3) is 3.39. The molecule has 3 aromatic carbocycles. The van der Waals surface area contributed by atoms with Gasteiger partial charge in [-0.25, -0.2) is 8.42 Å². The van der Waals surface area contributed by atoms with E-state index >= 15 is 0 Å². The van der Waals surface area contributed by atoms with E-state index < -0.39 is 10.0 Å². The molecule has 3 nitrogen and oxygen atoms in total. The van der Waals surface area contributed by atoms with Crippen LogP contribution < -0.4 is 0 Å². The van der Waals surface area contributed by atoms with Gasteiger partial charge in [0.05, 0.1) is 4.90 Å². The second kappa shape index (κ2) is 7.46. The van der Waals surface area contributed by atoms with Crippen molar-refractivity contribution in [2.75, 3.05) is 12.3 Å². The number of rotatable bonds is 3. The van der Waals surface area contributed by atoms with E-state index in [-0.39, 0.29) is 6.04 Å². The van der Waals surface area contributed by atoms with E-state index in [4.69, 9.17) is 0 Å². The predicted molar refractivity (Wildman–Crippen MR) is 121 cm³/mol. The first kappa shape index (κ1) is 19.2. The molecule has 3 atom stereocenters. The lowest BCUT2D eigenvalue weighted by molar-refractivity contribution is 0.317. The van der Waals surface area contributed by atoms with Crippen LogP contribution in [-0.2, 0) is 10.0 Å². The molecule has 0 amide bonds. The van der Waals surface area contributed by atoms with Crippen molar-refractivity contribution in [3.8, 4) is 0 Å². The first-order valence-electron chi connectivity index (χ1n) is 10.2. The minimum Gasteiger partial charge on any atom is -0.207 e. The van der Waals surface area contributed by atoms with Crippen LogP contribution in [0.1, 0.15) is 29.2 Å². The molecule has 0 bridgehead atoms. The summed E-state index contributed by atoms with van der Waals surface area (Å²) in [6.07, 6.45) is 1.87. The summed E-state index contributed by atoms with van der Waals surface area (Å²) in [5, 5.41) is 2.87. The number of sulfonamides is 1. The van der Waals surface area contributed by atoms with Crippen LogP contribution in [0.4, 0.5) is 0 Å². The summed E-state index contributed by atoms with van der Waals surface area (Å²) in [4.78, 5) is 0.421. The van der Waals surface area contributed by atoms with E-state index in [0.717, 1.165) is 24.2 Å². The minimum absolute atomic E-state index is 0.0963. The lowest BCUT2D eigenvalue weighted by Gasteiger charge is -2.36. The van der Waals surface area contributed by atoms with E-state index in [9.17, 15) is 8.42 Å². The Hall–Kier alpha value is -1.82. The number of hydrogen-bond donors (Lipinski definition) is 0. The Balaban J connectivity index is 1.45. The number of thioether (sulfide) groups is 1. The second-order valence-electron chi connectivity index (χ2n) is 8.14. The lowest BCUT2D eigenvalue weighted by atomic mass is 9.89. The maximum Gasteiger partial charge on any atom is 0.243 e. The number of hydrogen-bond acceptors (Lipinski definition) is 3. The van der Waals surface area contributed by atoms with Gasteiger partial charge >= 0.3 is 0 Å². The van der Waals surface area contributed by atoms with Crippen LogP contribution in [0, 0.1) is 12.8 Å². The Labute approximate surface area is 177 Å². The molecular weight excluding hydrogens is 398 g/mol. The van der Waals surface area contributed by atoms with Crippen molar-refractivity contribution >= 4 is 32.6 Å². The Bertz CT molecular complexity index is 1140. The SMILES string of the molecule is Cc1ccc(S(=O)(=O)N2CC[C@H]3[C@H](c4ccc5ccccc5c4)SCC[C@@H]32)cc1. The third-order valence-corrected chi connectivity index (χ3v) is 9.77. The van der Waals surface area contributed by atoms with Crippen LogP contribution in [0.5, 0.6) is 0 Å². The molecule has 0 saturated carbocycles. The van der Waals surface area contributed by atoms with E-state index in [1.807, 2.05) is 30.8 Å². The highest BCUT2D eigenvalue weighted by Gasteiger charge is 2.46. The van der Waals surface area contributed by atoms with Gasteiger partial charge in [0.25, 0.3) is 0 Å². The molecule has 5 heteroatoms. The molecule has 2 aliphatic heterocycles. The fourth-order valence-corrected chi connectivity index (χ4v) is 8.12. The summed E-state index contributed by atoms with van der Waals surface area (Å²) < 4.78 is 28.5. The highest BCUT2D eigenvalue weighted by Crippen LogP contribution is 2.50. The zero-order valence-electron chi connectivity index (χ0n) is 16.5. The van der Waals surface area contributed by atoms with Crippen LogP contribution in [0.15, 0.2) is 71.6 Å². The fourth-order valence-electron chi connectivity index (χ4n) is 4.87. The summed E-state index contributed by atoms with van der Waals surface area (Å²) in [5.74, 6) is 1.37. The molecule has 2 fully saturated rings. The van der Waals surface area contributed by atoms with Gasteiger partial charge in [-0.3, -0.25) is 0 Å². The molecule has 150 valence electrons. The number of fused-ring (bicyclic) bond motifs is 2. The van der Waals surface area contributed by atoms with Crippen molar-refractivity contribution in [1.82, 2.24) is 4.31 Å². The van der Waals surface area contributed by atoms with Gasteiger partial charge in [0, 0.05) is 17.8 Å². The predicted octanol–water partition coefficient (Wildman–Crippen LogP) is 5.41. The molecule has 0 aliphatic carbocycles. The van der Waals surface area contributed by atoms with Crippen LogP contribution in [0.3, 0.4) is 0 Å². The molecule has 29 heavy (non-hydrogen) atoms. The fraction of sp³-hybridized carbons (Fsp3) is 0.333. The summed E-state index contributed by atoms with van der Waals surface area (Å²) in [5.41, 5.74) is 2.41. The molecule has 0 unspecified atom stereocenters. The smallest absolute Gasteiger partial charge is 0.207 e. The highest BCUT2D eigenvalue weighted by atomic mass is 32.2. The van der Waals surface area contributed by atoms with Gasteiger partial charge in [-0.15, -0.1) is 0 Å². The molecule has 5 rings (SSSR count). The van der Waals surface area contributed by atoms with Crippen molar-refractivity contribution in [2.45, 2.75) is 36.0 Å². The molecule has 0 N–H and O–H groups in total. The van der Waals surface area contributed by atoms with Crippen molar-refractivity contribution < 1.29 is 8.42 Å². The molecule has 3 aromatic rings. The Morgan fingerprint density at radius 1 is 0.931 bits per heavy atom. The van der Waals surface area contributed by atoms with Gasteiger partial charge in [0.15, 0.2) is 0 Å². The Kier molecular flexibility index (Phi) is 4.93. The average Bonchev–Trinajstić information content (AvgIpc) is 3.19. The molecule has 0 spiro atoms. The third-order valence-electron chi connectivity index (χ3n) is 6.38. The second-order valence-corrected chi connectivity index (χ2v) is 11.3. The molecule has 2 aliphatic rings. The van der Waals surface area contributed by atoms with Crippen LogP contribution in [-0.4, -0.2) is 31.1 Å². The highest BCUT2D eigenvalue weighted by molar-refractivity contribution is 7.99. The standard InChI is InChI=1S/C24H25NO2S2/c1-17-6-10-21(11-7-17)29(26,27)25-14-12-22-23(25)13-15-28-24(22)20-9-8-18-4-2-3-5-19(18)16-20/h2-11,16,22-24H,12-15H2,1H3/t22-,23+,24+/m1/s1. The van der Waals surface area contributed by atoms with Crippen LogP contribution in [0.2, 0.25) is 0 Å². The van der Waals surface area contributed by atoms with Crippen LogP contribution >= 0.6 is 11.8 Å². The van der Waals surface area contributed by atoms with Gasteiger partial charge in [-0.2, -0.15) is 16.1 Å². The average molecular weight is 424 g/mol. The van der Waals surface area contributed by atoms with E-state index in [1.54, 1.807) is 16.4 Å². The van der Waals surface area contributed by atoms with Gasteiger partial charge < -0.3 is 0 Å². The largest absolute Gasteiger partial charge is 0.243 e. The molecule has 2 heterocycles. The summed E-state index contributed by atoms with van der Waals surface area (Å²) in [6, 6.07) is 22.5. The first-order valence-corrected chi connectivity index (χ1v) is 12.7. The van der Waals surface area contributed by atoms with Gasteiger partial charge in [0.1, 0.15) is 0 Å². The Morgan fingerprint density at radius 2 is 1.69 bits per heavy atom. The van der Waals surface area contributed by atoms with Crippen LogP contribution in [0.25, 0.3) is 10.8 Å². The maximum atomic E-state index is 13.3. The van der Waals surface area contributed by atoms with E-state index in [1.165, 1.54) is 16.3 Å². The maximum absolute atomic E-state index is 13.3. The van der Waals surface area contributed by atoms with Gasteiger partial charge in [0.2, 0.25) is 10.0 Å². The van der Waals surface area contributed by atoms with Gasteiger partial charge in [-0.05, 0) is 59.9 Å². The van der Waals surface area contributed by atoms with Crippen molar-refractivity contribution in [3.63, 3.8) is 0 Å². The number of benzene rings is 3. The normalized spacial score (nSPS) is 25.2. The van der Waals surface area contributed by atoms with Crippen molar-refractivity contribution in [3.05, 3.63) is 77.9 Å². The summed E-state index contributed by atoms with van der Waals surface area (Å²) >= 11 is 1.99. The van der Waals surface area contributed by atoms with Gasteiger partial charge in [-0.1, -0.05) is 60.2 Å². The zero-order chi connectivity index (χ0) is 20.0. The summed E-state index contributed by atoms with van der Waals surface area (Å²) in [7, 11) is -3.44. The topological polar surface area (TPSA) is 37.4 Å². The molecule has 2 saturated heterocycles. The van der Waals surface area contributed by atoms with Crippen molar-refractivity contribution in [1.29, 1.82) is 0 Å². The first-order chi connectivity index (χ1) is 14.0. The number of aryl methyl sites for hydroxylation is 1.